The third-order valence-electron chi connectivity index (χ3n) is 4.03. The Bertz CT molecular complexity index is 421. The maximum absolute atomic E-state index is 8.51. The number of oxime groups is 1. The van der Waals surface area contributed by atoms with Crippen molar-refractivity contribution in [2.24, 2.45) is 5.16 Å². The van der Waals surface area contributed by atoms with Crippen LogP contribution in [0.1, 0.15) is 82.5 Å². The van der Waals surface area contributed by atoms with Crippen molar-refractivity contribution in [2.75, 3.05) is 6.54 Å². The van der Waals surface area contributed by atoms with Crippen LogP contribution in [0.25, 0.3) is 0 Å². The zero-order valence-electron chi connectivity index (χ0n) is 14.6. The largest absolute Gasteiger partial charge is 0.411 e. The minimum atomic E-state index is 0.686. The molecule has 1 aromatic rings. The lowest BCUT2D eigenvalue weighted by atomic mass is 10.1. The number of rotatable bonds is 14. The van der Waals surface area contributed by atoms with Gasteiger partial charge in [0, 0.05) is 6.54 Å². The van der Waals surface area contributed by atoms with Crippen LogP contribution in [-0.4, -0.2) is 23.0 Å². The third kappa shape index (κ3) is 10.9. The summed E-state index contributed by atoms with van der Waals surface area (Å²) in [6.07, 6.45) is 15.0. The second-order valence-corrected chi connectivity index (χ2v) is 6.16. The van der Waals surface area contributed by atoms with Crippen molar-refractivity contribution >= 4 is 6.21 Å². The predicted molar refractivity (Wildman–Crippen MR) is 97.2 cm³/mol. The van der Waals surface area contributed by atoms with Gasteiger partial charge in [0.25, 0.3) is 0 Å². The first-order chi connectivity index (χ1) is 11.4. The van der Waals surface area contributed by atoms with Gasteiger partial charge in [-0.3, -0.25) is 4.98 Å². The molecule has 0 aliphatic rings. The fourth-order valence-electron chi connectivity index (χ4n) is 2.68. The van der Waals surface area contributed by atoms with E-state index in [4.69, 9.17) is 5.21 Å². The number of unbranched alkanes of at least 4 members (excludes halogenated alkanes) is 9. The van der Waals surface area contributed by atoms with Gasteiger partial charge in [-0.1, -0.05) is 75.9 Å². The molecule has 23 heavy (non-hydrogen) atoms. The van der Waals surface area contributed by atoms with Crippen LogP contribution in [0.15, 0.2) is 23.4 Å². The molecular formula is C19H33N3O. The zero-order valence-corrected chi connectivity index (χ0v) is 14.6. The zero-order chi connectivity index (χ0) is 16.6. The van der Waals surface area contributed by atoms with Gasteiger partial charge in [0.15, 0.2) is 0 Å². The molecule has 0 radical (unpaired) electrons. The quantitative estimate of drug-likeness (QED) is 0.222. The molecule has 0 aliphatic carbocycles. The van der Waals surface area contributed by atoms with E-state index in [-0.39, 0.29) is 0 Å². The second-order valence-electron chi connectivity index (χ2n) is 6.16. The normalized spacial score (nSPS) is 11.3. The van der Waals surface area contributed by atoms with Crippen molar-refractivity contribution in [3.05, 3.63) is 29.6 Å². The molecule has 0 unspecified atom stereocenters. The molecule has 0 saturated heterocycles. The van der Waals surface area contributed by atoms with Crippen molar-refractivity contribution in [1.29, 1.82) is 0 Å². The smallest absolute Gasteiger partial charge is 0.0918 e. The van der Waals surface area contributed by atoms with Crippen molar-refractivity contribution in [2.45, 2.75) is 77.7 Å². The summed E-state index contributed by atoms with van der Waals surface area (Å²) >= 11 is 0. The van der Waals surface area contributed by atoms with Crippen LogP contribution in [0, 0.1) is 0 Å². The van der Waals surface area contributed by atoms with Gasteiger partial charge in [-0.25, -0.2) is 0 Å². The summed E-state index contributed by atoms with van der Waals surface area (Å²) in [6, 6.07) is 5.74. The Kier molecular flexibility index (Phi) is 12.1. The van der Waals surface area contributed by atoms with Crippen molar-refractivity contribution < 1.29 is 5.21 Å². The summed E-state index contributed by atoms with van der Waals surface area (Å²) in [7, 11) is 0. The standard InChI is InChI=1S/C19H33N3O/c1-2-3-4-5-6-7-8-9-10-11-15-20-16-18-13-12-14-19(22-18)17-21-23/h12-14,17,20,23H,2-11,15-16H2,1H3/b21-17+. The second kappa shape index (κ2) is 14.2. The molecule has 1 rings (SSSR count). The molecule has 0 atom stereocenters. The molecule has 0 spiro atoms. The maximum atomic E-state index is 8.51. The Morgan fingerprint density at radius 3 is 2.30 bits per heavy atom. The number of aromatic nitrogens is 1. The van der Waals surface area contributed by atoms with Crippen molar-refractivity contribution in [3.63, 3.8) is 0 Å². The summed E-state index contributed by atoms with van der Waals surface area (Å²) in [6.45, 7) is 4.07. The van der Waals surface area contributed by atoms with E-state index in [1.807, 2.05) is 18.2 Å². The van der Waals surface area contributed by atoms with Crippen molar-refractivity contribution in [1.82, 2.24) is 10.3 Å². The predicted octanol–water partition coefficient (Wildman–Crippen LogP) is 4.90. The first kappa shape index (κ1) is 19.6. The molecule has 2 N–H and O–H groups in total. The number of hydrogen-bond donors (Lipinski definition) is 2. The fourth-order valence-corrected chi connectivity index (χ4v) is 2.68. The molecule has 0 aliphatic heterocycles. The first-order valence-corrected chi connectivity index (χ1v) is 9.21. The van der Waals surface area contributed by atoms with Gasteiger partial charge in [0.2, 0.25) is 0 Å². The van der Waals surface area contributed by atoms with E-state index in [0.29, 0.717) is 5.69 Å². The molecule has 0 saturated carbocycles. The Labute approximate surface area is 141 Å². The Balaban J connectivity index is 1.92. The van der Waals surface area contributed by atoms with Crippen molar-refractivity contribution in [3.8, 4) is 0 Å². The van der Waals surface area contributed by atoms with E-state index in [9.17, 15) is 0 Å². The average molecular weight is 319 g/mol. The van der Waals surface area contributed by atoms with E-state index in [0.717, 1.165) is 18.8 Å². The number of hydrogen-bond acceptors (Lipinski definition) is 4. The van der Waals surface area contributed by atoms with E-state index < -0.39 is 0 Å². The van der Waals surface area contributed by atoms with E-state index in [2.05, 4.69) is 22.4 Å². The molecule has 1 aromatic heterocycles. The van der Waals surface area contributed by atoms with Gasteiger partial charge in [0.1, 0.15) is 0 Å². The molecule has 0 aromatic carbocycles. The van der Waals surface area contributed by atoms with Crippen LogP contribution in [0.4, 0.5) is 0 Å². The van der Waals surface area contributed by atoms with Crippen LogP contribution in [-0.2, 0) is 6.54 Å². The summed E-state index contributed by atoms with van der Waals surface area (Å²) in [4.78, 5) is 4.38. The van der Waals surface area contributed by atoms with E-state index in [1.54, 1.807) is 0 Å². The molecule has 4 nitrogen and oxygen atoms in total. The summed E-state index contributed by atoms with van der Waals surface area (Å²) in [5.41, 5.74) is 1.67. The maximum Gasteiger partial charge on any atom is 0.0918 e. The summed E-state index contributed by atoms with van der Waals surface area (Å²) in [5.74, 6) is 0. The Morgan fingerprint density at radius 2 is 1.65 bits per heavy atom. The van der Waals surface area contributed by atoms with Crippen LogP contribution < -0.4 is 5.32 Å². The molecule has 0 fully saturated rings. The summed E-state index contributed by atoms with van der Waals surface area (Å²) in [5, 5.41) is 14.9. The Morgan fingerprint density at radius 1 is 1.00 bits per heavy atom. The minimum absolute atomic E-state index is 0.686. The lowest BCUT2D eigenvalue weighted by Gasteiger charge is -2.05. The fraction of sp³-hybridized carbons (Fsp3) is 0.684. The van der Waals surface area contributed by atoms with Gasteiger partial charge < -0.3 is 10.5 Å². The highest BCUT2D eigenvalue weighted by molar-refractivity contribution is 5.76. The van der Waals surface area contributed by atoms with Crippen LogP contribution >= 0.6 is 0 Å². The van der Waals surface area contributed by atoms with Gasteiger partial charge in [-0.2, -0.15) is 0 Å². The molecule has 0 bridgehead atoms. The van der Waals surface area contributed by atoms with Crippen LogP contribution in [0.2, 0.25) is 0 Å². The van der Waals surface area contributed by atoms with Crippen LogP contribution in [0.3, 0.4) is 0 Å². The monoisotopic (exact) mass is 319 g/mol. The number of pyridine rings is 1. The summed E-state index contributed by atoms with van der Waals surface area (Å²) < 4.78 is 0. The minimum Gasteiger partial charge on any atom is -0.411 e. The van der Waals surface area contributed by atoms with Gasteiger partial charge in [-0.05, 0) is 25.1 Å². The SMILES string of the molecule is CCCCCCCCCCCCNCc1cccc(/C=N/O)n1. The highest BCUT2D eigenvalue weighted by Crippen LogP contribution is 2.10. The molecule has 4 heteroatoms. The molecule has 0 amide bonds. The lowest BCUT2D eigenvalue weighted by Crippen LogP contribution is -2.15. The van der Waals surface area contributed by atoms with Gasteiger partial charge >= 0.3 is 0 Å². The molecule has 1 heterocycles. The average Bonchev–Trinajstić information content (AvgIpc) is 2.56. The topological polar surface area (TPSA) is 57.5 Å². The van der Waals surface area contributed by atoms with Gasteiger partial charge in [0.05, 0.1) is 17.6 Å². The highest BCUT2D eigenvalue weighted by atomic mass is 16.4. The van der Waals surface area contributed by atoms with E-state index >= 15 is 0 Å². The molecule has 130 valence electrons. The first-order valence-electron chi connectivity index (χ1n) is 9.21. The van der Waals surface area contributed by atoms with Gasteiger partial charge in [-0.15, -0.1) is 0 Å². The Hall–Kier alpha value is -1.42. The third-order valence-corrected chi connectivity index (χ3v) is 4.03. The van der Waals surface area contributed by atoms with Crippen LogP contribution in [0.5, 0.6) is 0 Å². The number of nitrogens with one attached hydrogen (secondary N) is 1. The highest BCUT2D eigenvalue weighted by Gasteiger charge is 1.97. The van der Waals surface area contributed by atoms with E-state index in [1.165, 1.54) is 70.4 Å². The number of nitrogens with zero attached hydrogens (tertiary/aromatic N) is 2. The molecular weight excluding hydrogens is 286 g/mol. The lowest BCUT2D eigenvalue weighted by molar-refractivity contribution is 0.321.